The number of aryl methyl sites for hydroxylation is 2. The summed E-state index contributed by atoms with van der Waals surface area (Å²) in [5.41, 5.74) is 10.1. The molecule has 2 nitrogen and oxygen atoms in total. The smallest absolute Gasteiger partial charge is 0.0494 e. The summed E-state index contributed by atoms with van der Waals surface area (Å²) < 4.78 is 4.62. The van der Waals surface area contributed by atoms with Gasteiger partial charge in [-0.25, -0.2) is 0 Å². The Labute approximate surface area is 198 Å². The third-order valence-corrected chi connectivity index (χ3v) is 7.36. The highest BCUT2D eigenvalue weighted by Crippen LogP contribution is 2.36. The molecule has 34 heavy (non-hydrogen) atoms. The summed E-state index contributed by atoms with van der Waals surface area (Å²) in [7, 11) is 4.33. The van der Waals surface area contributed by atoms with Crippen molar-refractivity contribution in [2.24, 2.45) is 14.1 Å². The van der Waals surface area contributed by atoms with Gasteiger partial charge in [-0.15, -0.1) is 0 Å². The number of rotatable bonds is 2. The van der Waals surface area contributed by atoms with Crippen LogP contribution in [0.1, 0.15) is 0 Å². The van der Waals surface area contributed by atoms with Gasteiger partial charge in [-0.3, -0.25) is 0 Å². The van der Waals surface area contributed by atoms with E-state index >= 15 is 0 Å². The Hall–Kier alpha value is -4.30. The summed E-state index contributed by atoms with van der Waals surface area (Å²) in [5.74, 6) is 0. The fraction of sp³-hybridized carbons (Fsp3) is 0.0625. The van der Waals surface area contributed by atoms with Crippen LogP contribution in [0.25, 0.3) is 65.9 Å². The maximum absolute atomic E-state index is 2.33. The zero-order chi connectivity index (χ0) is 22.8. The van der Waals surface area contributed by atoms with Crippen LogP contribution in [0.15, 0.2) is 109 Å². The molecule has 0 unspecified atom stereocenters. The van der Waals surface area contributed by atoms with Crippen LogP contribution in [0.5, 0.6) is 0 Å². The lowest BCUT2D eigenvalue weighted by Gasteiger charge is -2.06. The maximum Gasteiger partial charge on any atom is 0.0494 e. The van der Waals surface area contributed by atoms with Crippen LogP contribution in [-0.4, -0.2) is 9.13 Å². The van der Waals surface area contributed by atoms with E-state index in [4.69, 9.17) is 0 Å². The molecule has 0 aliphatic carbocycles. The van der Waals surface area contributed by atoms with Gasteiger partial charge in [0.1, 0.15) is 0 Å². The second kappa shape index (κ2) is 7.10. The van der Waals surface area contributed by atoms with Gasteiger partial charge in [0.2, 0.25) is 0 Å². The van der Waals surface area contributed by atoms with Gasteiger partial charge in [0.25, 0.3) is 0 Å². The van der Waals surface area contributed by atoms with Gasteiger partial charge in [-0.2, -0.15) is 0 Å². The topological polar surface area (TPSA) is 9.86 Å². The van der Waals surface area contributed by atoms with Gasteiger partial charge in [0, 0.05) is 57.7 Å². The van der Waals surface area contributed by atoms with Gasteiger partial charge in [0.15, 0.2) is 0 Å². The van der Waals surface area contributed by atoms with Crippen molar-refractivity contribution < 1.29 is 0 Å². The molecule has 0 radical (unpaired) electrons. The van der Waals surface area contributed by atoms with Gasteiger partial charge in [-0.1, -0.05) is 78.9 Å². The fourth-order valence-electron chi connectivity index (χ4n) is 5.54. The predicted molar refractivity (Wildman–Crippen MR) is 145 cm³/mol. The molecule has 0 spiro atoms. The molecule has 5 aromatic carbocycles. The lowest BCUT2D eigenvalue weighted by atomic mass is 10.0. The largest absolute Gasteiger partial charge is 0.344 e. The Kier molecular flexibility index (Phi) is 4.01. The molecule has 2 heteroatoms. The van der Waals surface area contributed by atoms with Crippen LogP contribution in [-0.2, 0) is 14.1 Å². The molecule has 0 saturated heterocycles. The number of fused-ring (bicyclic) bond motifs is 6. The van der Waals surface area contributed by atoms with Crippen LogP contribution >= 0.6 is 0 Å². The van der Waals surface area contributed by atoms with Crippen molar-refractivity contribution in [3.05, 3.63) is 109 Å². The maximum atomic E-state index is 2.33. The van der Waals surface area contributed by atoms with Gasteiger partial charge in [-0.05, 0) is 52.6 Å². The molecule has 7 aromatic rings. The third-order valence-electron chi connectivity index (χ3n) is 7.36. The summed E-state index contributed by atoms with van der Waals surface area (Å²) in [4.78, 5) is 0. The molecule has 0 atom stereocenters. The van der Waals surface area contributed by atoms with E-state index in [0.717, 1.165) is 0 Å². The number of para-hydroxylation sites is 1. The zero-order valence-electron chi connectivity index (χ0n) is 19.3. The van der Waals surface area contributed by atoms with E-state index in [2.05, 4.69) is 132 Å². The van der Waals surface area contributed by atoms with Crippen molar-refractivity contribution >= 4 is 43.6 Å². The van der Waals surface area contributed by atoms with E-state index in [1.54, 1.807) is 0 Å². The van der Waals surface area contributed by atoms with E-state index in [-0.39, 0.29) is 0 Å². The number of hydrogen-bond donors (Lipinski definition) is 0. The molecule has 0 aliphatic heterocycles. The van der Waals surface area contributed by atoms with Crippen LogP contribution in [0.3, 0.4) is 0 Å². The van der Waals surface area contributed by atoms with Crippen molar-refractivity contribution in [1.82, 2.24) is 9.13 Å². The lowest BCUT2D eigenvalue weighted by Crippen LogP contribution is -1.88. The Morgan fingerprint density at radius 3 is 1.56 bits per heavy atom. The fourth-order valence-corrected chi connectivity index (χ4v) is 5.54. The predicted octanol–water partition coefficient (Wildman–Crippen LogP) is 8.31. The van der Waals surface area contributed by atoms with Crippen LogP contribution in [0.4, 0.5) is 0 Å². The second-order valence-corrected chi connectivity index (χ2v) is 9.20. The number of hydrogen-bond acceptors (Lipinski definition) is 0. The number of benzene rings is 5. The lowest BCUT2D eigenvalue weighted by molar-refractivity contribution is 1.01. The van der Waals surface area contributed by atoms with Crippen LogP contribution in [0.2, 0.25) is 0 Å². The molecule has 0 saturated carbocycles. The highest BCUT2D eigenvalue weighted by atomic mass is 14.9. The summed E-state index contributed by atoms with van der Waals surface area (Å²) in [6.07, 6.45) is 0. The summed E-state index contributed by atoms with van der Waals surface area (Å²) >= 11 is 0. The molecule has 2 heterocycles. The first-order valence-corrected chi connectivity index (χ1v) is 11.7. The van der Waals surface area contributed by atoms with Crippen molar-refractivity contribution in [2.75, 3.05) is 0 Å². The number of nitrogens with zero attached hydrogens (tertiary/aromatic N) is 2. The molecular weight excluding hydrogens is 412 g/mol. The first kappa shape index (κ1) is 19.2. The molecule has 0 bridgehead atoms. The minimum absolute atomic E-state index is 1.24. The summed E-state index contributed by atoms with van der Waals surface area (Å²) in [6, 6.07) is 39.8. The average molecular weight is 437 g/mol. The molecular formula is C32H24N2. The van der Waals surface area contributed by atoms with E-state index in [9.17, 15) is 0 Å². The summed E-state index contributed by atoms with van der Waals surface area (Å²) in [6.45, 7) is 0. The van der Waals surface area contributed by atoms with Crippen LogP contribution < -0.4 is 0 Å². The highest BCUT2D eigenvalue weighted by molar-refractivity contribution is 6.11. The van der Waals surface area contributed by atoms with E-state index in [0.29, 0.717) is 0 Å². The second-order valence-electron chi connectivity index (χ2n) is 9.20. The van der Waals surface area contributed by atoms with E-state index in [1.165, 1.54) is 65.9 Å². The minimum Gasteiger partial charge on any atom is -0.344 e. The van der Waals surface area contributed by atoms with Gasteiger partial charge in [0.05, 0.1) is 0 Å². The number of aromatic nitrogens is 2. The minimum atomic E-state index is 1.24. The monoisotopic (exact) mass is 436 g/mol. The first-order valence-electron chi connectivity index (χ1n) is 11.7. The van der Waals surface area contributed by atoms with Gasteiger partial charge >= 0.3 is 0 Å². The van der Waals surface area contributed by atoms with E-state index in [1.807, 2.05) is 0 Å². The molecule has 162 valence electrons. The standard InChI is InChI=1S/C32H24N2/c1-33-29-11-7-6-10-25(29)26-15-12-23(19-31(26)33)24-13-16-27-28-18-22(21-8-4-3-5-9-21)14-17-30(28)34(2)32(27)20-24/h3-20H,1-2H3. The molecule has 0 fully saturated rings. The SMILES string of the molecule is Cn1c2ccccc2c2ccc(-c3ccc4c5cc(-c6ccccc6)ccc5n(C)c4c3)cc21. The van der Waals surface area contributed by atoms with Crippen molar-refractivity contribution in [2.45, 2.75) is 0 Å². The van der Waals surface area contributed by atoms with Crippen molar-refractivity contribution in [1.29, 1.82) is 0 Å². The molecule has 0 N–H and O–H groups in total. The highest BCUT2D eigenvalue weighted by Gasteiger charge is 2.13. The molecule has 2 aromatic heterocycles. The molecule has 7 rings (SSSR count). The van der Waals surface area contributed by atoms with Crippen molar-refractivity contribution in [3.63, 3.8) is 0 Å². The third kappa shape index (κ3) is 2.69. The Balaban J connectivity index is 1.41. The molecule has 0 aliphatic rings. The average Bonchev–Trinajstić information content (AvgIpc) is 3.35. The van der Waals surface area contributed by atoms with Crippen molar-refractivity contribution in [3.8, 4) is 22.3 Å². The first-order chi connectivity index (χ1) is 16.7. The van der Waals surface area contributed by atoms with E-state index < -0.39 is 0 Å². The Bertz CT molecular complexity index is 1870. The normalized spacial score (nSPS) is 11.8. The zero-order valence-corrected chi connectivity index (χ0v) is 19.3. The summed E-state index contributed by atoms with van der Waals surface area (Å²) in [5, 5.41) is 5.21. The van der Waals surface area contributed by atoms with Gasteiger partial charge < -0.3 is 9.13 Å². The van der Waals surface area contributed by atoms with Crippen LogP contribution in [0, 0.1) is 0 Å². The molecule has 0 amide bonds. The Morgan fingerprint density at radius 2 is 0.853 bits per heavy atom. The Morgan fingerprint density at radius 1 is 0.353 bits per heavy atom. The quantitative estimate of drug-likeness (QED) is 0.258.